The molecule has 2 unspecified atom stereocenters. The zero-order valence-electron chi connectivity index (χ0n) is 12.0. The Kier molecular flexibility index (Phi) is 8.17. The highest BCUT2D eigenvalue weighted by atomic mass is 16.1. The van der Waals surface area contributed by atoms with Crippen molar-refractivity contribution in [3.8, 4) is 0 Å². The quantitative estimate of drug-likeness (QED) is 0.640. The Hall–Kier alpha value is -0.610. The highest BCUT2D eigenvalue weighted by Gasteiger charge is 2.18. The second-order valence-electron chi connectivity index (χ2n) is 5.16. The van der Waals surface area contributed by atoms with Gasteiger partial charge in [-0.15, -0.1) is 0 Å². The molecule has 0 aromatic heterocycles. The third-order valence-electron chi connectivity index (χ3n) is 3.41. The van der Waals surface area contributed by atoms with Crippen LogP contribution in [0.1, 0.15) is 40.5 Å². The van der Waals surface area contributed by atoms with Crippen LogP contribution >= 0.6 is 0 Å². The van der Waals surface area contributed by atoms with Crippen LogP contribution in [0.25, 0.3) is 0 Å². The van der Waals surface area contributed by atoms with Crippen molar-refractivity contribution in [2.45, 2.75) is 52.6 Å². The van der Waals surface area contributed by atoms with E-state index >= 15 is 0 Å². The highest BCUT2D eigenvalue weighted by Crippen LogP contribution is 2.08. The van der Waals surface area contributed by atoms with E-state index in [1.54, 1.807) is 0 Å². The van der Waals surface area contributed by atoms with Crippen molar-refractivity contribution < 1.29 is 4.79 Å². The second kappa shape index (κ2) is 8.48. The van der Waals surface area contributed by atoms with Gasteiger partial charge in [-0.1, -0.05) is 20.8 Å². The van der Waals surface area contributed by atoms with E-state index in [1.807, 2.05) is 0 Å². The molecule has 0 saturated carbocycles. The van der Waals surface area contributed by atoms with E-state index in [0.717, 1.165) is 25.9 Å². The van der Waals surface area contributed by atoms with E-state index in [-0.39, 0.29) is 11.9 Å². The number of amides is 1. The van der Waals surface area contributed by atoms with Gasteiger partial charge in [-0.25, -0.2) is 0 Å². The lowest BCUT2D eigenvalue weighted by atomic mass is 10.0. The van der Waals surface area contributed by atoms with Gasteiger partial charge >= 0.3 is 0 Å². The number of hydrogen-bond donors (Lipinski definition) is 2. The summed E-state index contributed by atoms with van der Waals surface area (Å²) >= 11 is 0. The minimum Gasteiger partial charge on any atom is -0.368 e. The smallest absolute Gasteiger partial charge is 0.234 e. The molecule has 2 atom stereocenters. The standard InChI is InChI=1S/C13H29N3O/c1-6-8-15-12(13(14)17)7-9-16(5)11(4)10(2)3/h10-12,15H,6-9H2,1-5H3,(H2,14,17). The highest BCUT2D eigenvalue weighted by molar-refractivity contribution is 5.79. The lowest BCUT2D eigenvalue weighted by Gasteiger charge is -2.29. The summed E-state index contributed by atoms with van der Waals surface area (Å²) in [4.78, 5) is 13.5. The first-order valence-electron chi connectivity index (χ1n) is 6.63. The Morgan fingerprint density at radius 3 is 2.35 bits per heavy atom. The number of carbonyl (C=O) groups is 1. The Morgan fingerprint density at radius 2 is 1.94 bits per heavy atom. The Morgan fingerprint density at radius 1 is 1.35 bits per heavy atom. The van der Waals surface area contributed by atoms with Crippen LogP contribution in [0.5, 0.6) is 0 Å². The minimum absolute atomic E-state index is 0.197. The summed E-state index contributed by atoms with van der Waals surface area (Å²) in [7, 11) is 2.10. The van der Waals surface area contributed by atoms with Gasteiger partial charge in [-0.3, -0.25) is 4.79 Å². The summed E-state index contributed by atoms with van der Waals surface area (Å²) in [5.41, 5.74) is 5.38. The first-order chi connectivity index (χ1) is 7.90. The van der Waals surface area contributed by atoms with Gasteiger partial charge in [0.2, 0.25) is 5.91 Å². The number of hydrogen-bond acceptors (Lipinski definition) is 3. The Labute approximate surface area is 106 Å². The van der Waals surface area contributed by atoms with Gasteiger partial charge in [0.15, 0.2) is 0 Å². The molecule has 3 N–H and O–H groups in total. The monoisotopic (exact) mass is 243 g/mol. The topological polar surface area (TPSA) is 58.4 Å². The van der Waals surface area contributed by atoms with Crippen LogP contribution in [0.3, 0.4) is 0 Å². The zero-order valence-corrected chi connectivity index (χ0v) is 12.0. The molecule has 1 amide bonds. The average Bonchev–Trinajstić information content (AvgIpc) is 2.27. The first kappa shape index (κ1) is 16.4. The van der Waals surface area contributed by atoms with E-state index in [9.17, 15) is 4.79 Å². The number of nitrogens with one attached hydrogen (secondary N) is 1. The lowest BCUT2D eigenvalue weighted by molar-refractivity contribution is -0.120. The molecule has 17 heavy (non-hydrogen) atoms. The maximum absolute atomic E-state index is 11.3. The normalized spacial score (nSPS) is 15.2. The Balaban J connectivity index is 4.07. The van der Waals surface area contributed by atoms with Gasteiger partial charge in [0.1, 0.15) is 0 Å². The molecular formula is C13H29N3O. The van der Waals surface area contributed by atoms with Crippen LogP contribution < -0.4 is 11.1 Å². The zero-order chi connectivity index (χ0) is 13.4. The van der Waals surface area contributed by atoms with Crippen molar-refractivity contribution in [2.24, 2.45) is 11.7 Å². The fourth-order valence-electron chi connectivity index (χ4n) is 1.71. The molecule has 0 aliphatic carbocycles. The molecule has 0 bridgehead atoms. The summed E-state index contributed by atoms with van der Waals surface area (Å²) in [5, 5.41) is 3.19. The maximum Gasteiger partial charge on any atom is 0.234 e. The summed E-state index contributed by atoms with van der Waals surface area (Å²) in [6, 6.07) is 0.325. The summed E-state index contributed by atoms with van der Waals surface area (Å²) in [6.45, 7) is 10.5. The third kappa shape index (κ3) is 6.64. The molecule has 102 valence electrons. The molecule has 0 radical (unpaired) electrons. The van der Waals surface area contributed by atoms with E-state index in [0.29, 0.717) is 12.0 Å². The fraction of sp³-hybridized carbons (Fsp3) is 0.923. The van der Waals surface area contributed by atoms with Gasteiger partial charge in [0, 0.05) is 12.6 Å². The summed E-state index contributed by atoms with van der Waals surface area (Å²) < 4.78 is 0. The van der Waals surface area contributed by atoms with Gasteiger partial charge in [0.25, 0.3) is 0 Å². The second-order valence-corrected chi connectivity index (χ2v) is 5.16. The number of carbonyl (C=O) groups excluding carboxylic acids is 1. The van der Waals surface area contributed by atoms with Crippen LogP contribution in [0, 0.1) is 5.92 Å². The number of nitrogens with two attached hydrogens (primary N) is 1. The van der Waals surface area contributed by atoms with E-state index in [4.69, 9.17) is 5.73 Å². The molecule has 0 aromatic carbocycles. The Bertz CT molecular complexity index is 219. The number of primary amides is 1. The first-order valence-corrected chi connectivity index (χ1v) is 6.63. The van der Waals surface area contributed by atoms with Crippen molar-refractivity contribution >= 4 is 5.91 Å². The molecule has 0 fully saturated rings. The molecule has 4 nitrogen and oxygen atoms in total. The summed E-state index contributed by atoms with van der Waals surface area (Å²) in [6.07, 6.45) is 1.80. The molecule has 0 aliphatic heterocycles. The van der Waals surface area contributed by atoms with Crippen molar-refractivity contribution in [1.82, 2.24) is 10.2 Å². The molecule has 0 aliphatic rings. The average molecular weight is 243 g/mol. The van der Waals surface area contributed by atoms with Crippen LogP contribution in [0.4, 0.5) is 0 Å². The van der Waals surface area contributed by atoms with Gasteiger partial charge in [-0.05, 0) is 39.3 Å². The van der Waals surface area contributed by atoms with Crippen molar-refractivity contribution in [3.63, 3.8) is 0 Å². The van der Waals surface area contributed by atoms with Crippen LogP contribution in [0.2, 0.25) is 0 Å². The number of rotatable bonds is 9. The molecule has 0 rings (SSSR count). The third-order valence-corrected chi connectivity index (χ3v) is 3.41. The van der Waals surface area contributed by atoms with Gasteiger partial charge in [0.05, 0.1) is 6.04 Å². The van der Waals surface area contributed by atoms with Crippen molar-refractivity contribution in [3.05, 3.63) is 0 Å². The van der Waals surface area contributed by atoms with Gasteiger partial charge < -0.3 is 16.0 Å². The SMILES string of the molecule is CCCNC(CCN(C)C(C)C(C)C)C(N)=O. The van der Waals surface area contributed by atoms with E-state index in [2.05, 4.69) is 45.0 Å². The number of nitrogens with zero attached hydrogens (tertiary/aromatic N) is 1. The van der Waals surface area contributed by atoms with Gasteiger partial charge in [-0.2, -0.15) is 0 Å². The predicted octanol–water partition coefficient (Wildman–Crippen LogP) is 1.21. The molecule has 4 heteroatoms. The minimum atomic E-state index is -0.246. The molecule has 0 aromatic rings. The van der Waals surface area contributed by atoms with E-state index in [1.165, 1.54) is 0 Å². The predicted molar refractivity (Wildman–Crippen MR) is 72.8 cm³/mol. The lowest BCUT2D eigenvalue weighted by Crippen LogP contribution is -2.44. The van der Waals surface area contributed by atoms with Crippen LogP contribution in [0.15, 0.2) is 0 Å². The molecule has 0 saturated heterocycles. The fourth-order valence-corrected chi connectivity index (χ4v) is 1.71. The largest absolute Gasteiger partial charge is 0.368 e. The van der Waals surface area contributed by atoms with Crippen molar-refractivity contribution in [2.75, 3.05) is 20.1 Å². The van der Waals surface area contributed by atoms with Crippen LogP contribution in [-0.4, -0.2) is 43.0 Å². The van der Waals surface area contributed by atoms with E-state index < -0.39 is 0 Å². The molecular weight excluding hydrogens is 214 g/mol. The molecule has 0 spiro atoms. The summed E-state index contributed by atoms with van der Waals surface area (Å²) in [5.74, 6) is 0.375. The maximum atomic E-state index is 11.3. The van der Waals surface area contributed by atoms with Crippen molar-refractivity contribution in [1.29, 1.82) is 0 Å². The van der Waals surface area contributed by atoms with Crippen LogP contribution in [-0.2, 0) is 4.79 Å². The molecule has 0 heterocycles.